The quantitative estimate of drug-likeness (QED) is 0.270. The van der Waals surface area contributed by atoms with E-state index in [-0.39, 0.29) is 12.2 Å². The molecule has 0 saturated heterocycles. The van der Waals surface area contributed by atoms with Crippen molar-refractivity contribution < 1.29 is 9.53 Å². The Labute approximate surface area is 256 Å². The Morgan fingerprint density at radius 2 is 1.93 bits per heavy atom. The highest BCUT2D eigenvalue weighted by molar-refractivity contribution is 7.15. The van der Waals surface area contributed by atoms with Crippen molar-refractivity contribution >= 4 is 46.3 Å². The van der Waals surface area contributed by atoms with Crippen molar-refractivity contribution in [3.63, 3.8) is 0 Å². The van der Waals surface area contributed by atoms with Crippen LogP contribution in [0.25, 0.3) is 11.1 Å². The predicted octanol–water partition coefficient (Wildman–Crippen LogP) is 5.67. The number of benzene rings is 1. The Morgan fingerprint density at radius 1 is 1.19 bits per heavy atom. The van der Waals surface area contributed by atoms with Crippen molar-refractivity contribution in [2.75, 3.05) is 6.61 Å². The molecule has 1 aliphatic carbocycles. The van der Waals surface area contributed by atoms with Crippen molar-refractivity contribution in [3.05, 3.63) is 105 Å². The number of ether oxygens (including phenoxy) is 1. The van der Waals surface area contributed by atoms with Gasteiger partial charge in [0.2, 0.25) is 0 Å². The average molecular weight is 617 g/mol. The zero-order chi connectivity index (χ0) is 29.7. The van der Waals surface area contributed by atoms with Crippen molar-refractivity contribution in [1.29, 1.82) is 5.26 Å². The Morgan fingerprint density at radius 3 is 2.64 bits per heavy atom. The number of halogens is 1. The summed E-state index contributed by atoms with van der Waals surface area (Å²) >= 11 is 9.17. The van der Waals surface area contributed by atoms with Gasteiger partial charge in [0.25, 0.3) is 5.56 Å². The number of carbonyl (C=O) groups excluding carboxylic acids is 1. The van der Waals surface area contributed by atoms with Gasteiger partial charge in [-0.1, -0.05) is 35.1 Å². The number of aryl methyl sites for hydroxylation is 2. The topological polar surface area (TPSA) is 89.4 Å². The molecule has 214 valence electrons. The first-order valence-corrected chi connectivity index (χ1v) is 15.9. The third-order valence-corrected chi connectivity index (χ3v) is 10.4. The number of thiazole rings is 1. The lowest BCUT2D eigenvalue weighted by molar-refractivity contribution is -0.139. The Bertz CT molecular complexity index is 2000. The fraction of sp³-hybridized carbons (Fsp3) is 0.312. The summed E-state index contributed by atoms with van der Waals surface area (Å²) in [5, 5.41) is 11.6. The van der Waals surface area contributed by atoms with Gasteiger partial charge in [-0.3, -0.25) is 9.36 Å². The molecular formula is C32H29ClN4O3S2. The smallest absolute Gasteiger partial charge is 0.338 e. The Kier molecular flexibility index (Phi) is 7.56. The normalized spacial score (nSPS) is 16.6. The number of hydrogen-bond donors (Lipinski definition) is 0. The molecule has 4 aromatic rings. The van der Waals surface area contributed by atoms with E-state index in [4.69, 9.17) is 16.3 Å². The van der Waals surface area contributed by atoms with E-state index < -0.39 is 12.0 Å². The van der Waals surface area contributed by atoms with Crippen LogP contribution in [0.4, 0.5) is 0 Å². The van der Waals surface area contributed by atoms with Crippen molar-refractivity contribution in [2.45, 2.75) is 59.4 Å². The molecule has 10 heteroatoms. The van der Waals surface area contributed by atoms with E-state index in [9.17, 15) is 14.9 Å². The molecule has 1 aliphatic heterocycles. The molecular weight excluding hydrogens is 588 g/mol. The summed E-state index contributed by atoms with van der Waals surface area (Å²) < 4.78 is 9.62. The number of aromatic nitrogens is 2. The first-order chi connectivity index (χ1) is 20.2. The van der Waals surface area contributed by atoms with E-state index >= 15 is 0 Å². The predicted molar refractivity (Wildman–Crippen MR) is 166 cm³/mol. The van der Waals surface area contributed by atoms with E-state index in [1.807, 2.05) is 32.1 Å². The van der Waals surface area contributed by atoms with Crippen LogP contribution in [0.15, 0.2) is 51.4 Å². The Balaban J connectivity index is 1.51. The molecule has 0 saturated carbocycles. The number of carbonyl (C=O) groups is 1. The number of hydrogen-bond acceptors (Lipinski definition) is 7. The molecule has 3 aromatic heterocycles. The van der Waals surface area contributed by atoms with Gasteiger partial charge >= 0.3 is 5.97 Å². The van der Waals surface area contributed by atoms with Gasteiger partial charge in [0.1, 0.15) is 11.1 Å². The summed E-state index contributed by atoms with van der Waals surface area (Å²) in [5.41, 5.74) is 6.19. The molecule has 0 unspecified atom stereocenters. The van der Waals surface area contributed by atoms with Crippen molar-refractivity contribution in [1.82, 2.24) is 9.13 Å². The number of fused-ring (bicyclic) bond motifs is 2. The summed E-state index contributed by atoms with van der Waals surface area (Å²) in [4.78, 5) is 33.7. The van der Waals surface area contributed by atoms with Crippen LogP contribution in [0, 0.1) is 25.2 Å². The first-order valence-electron chi connectivity index (χ1n) is 13.9. The summed E-state index contributed by atoms with van der Waals surface area (Å²) in [5.74, 6) is -0.497. The molecule has 0 amide bonds. The molecule has 0 radical (unpaired) electrons. The van der Waals surface area contributed by atoms with Crippen molar-refractivity contribution in [2.24, 2.45) is 4.99 Å². The minimum atomic E-state index is -0.692. The number of nitrogens with zero attached hydrogens (tertiary/aromatic N) is 4. The molecule has 0 fully saturated rings. The summed E-state index contributed by atoms with van der Waals surface area (Å²) in [6.45, 7) is 7.79. The second-order valence-electron chi connectivity index (χ2n) is 10.5. The number of esters is 1. The standard InChI is InChI=1S/C32H29ClN4O3S2/c1-5-40-31(39)27-18(3)35-32-37(28(27)20-10-12-22(33)13-11-20)29(38)26(42-32)15-21-14-17(2)36(19(21)4)30-24(16-34)23-8-6-7-9-25(23)41-30/h10-15,28H,5-9H2,1-4H3/b26-15+/t28-/m1/s1. The third-order valence-electron chi connectivity index (χ3n) is 7.93. The minimum Gasteiger partial charge on any atom is -0.463 e. The second kappa shape index (κ2) is 11.2. The molecule has 0 N–H and O–H groups in total. The number of allylic oxidation sites excluding steroid dienone is 1. The van der Waals surface area contributed by atoms with Gasteiger partial charge in [0.05, 0.1) is 34.0 Å². The Hall–Kier alpha value is -3.71. The van der Waals surface area contributed by atoms with E-state index in [1.165, 1.54) is 21.8 Å². The SMILES string of the molecule is CCOC(=O)C1=C(C)N=c2s/c(=C/c3cc(C)n(-c4sc5c(c4C#N)CCCC5)c3C)c(=O)n2[C@@H]1c1ccc(Cl)cc1. The number of thiophene rings is 1. The van der Waals surface area contributed by atoms with Gasteiger partial charge in [-0.25, -0.2) is 9.79 Å². The maximum Gasteiger partial charge on any atom is 0.338 e. The van der Waals surface area contributed by atoms with Gasteiger partial charge < -0.3 is 9.30 Å². The van der Waals surface area contributed by atoms with Gasteiger partial charge in [-0.05, 0) is 94.3 Å². The van der Waals surface area contributed by atoms with Crippen LogP contribution in [-0.4, -0.2) is 21.7 Å². The van der Waals surface area contributed by atoms with Crippen LogP contribution in [0.3, 0.4) is 0 Å². The monoisotopic (exact) mass is 616 g/mol. The van der Waals surface area contributed by atoms with E-state index in [2.05, 4.69) is 21.7 Å². The van der Waals surface area contributed by atoms with Gasteiger partial charge in [-0.2, -0.15) is 5.26 Å². The van der Waals surface area contributed by atoms with Crippen molar-refractivity contribution in [3.8, 4) is 11.1 Å². The number of rotatable bonds is 5. The van der Waals surface area contributed by atoms with Crippen LogP contribution < -0.4 is 14.9 Å². The highest BCUT2D eigenvalue weighted by Gasteiger charge is 2.33. The van der Waals surface area contributed by atoms with Crippen LogP contribution in [0.5, 0.6) is 0 Å². The van der Waals surface area contributed by atoms with E-state index in [0.717, 1.165) is 58.8 Å². The molecule has 2 aliphatic rings. The zero-order valence-electron chi connectivity index (χ0n) is 23.8. The maximum atomic E-state index is 14.0. The molecule has 0 spiro atoms. The third kappa shape index (κ3) is 4.68. The second-order valence-corrected chi connectivity index (χ2v) is 13.0. The van der Waals surface area contributed by atoms with Crippen LogP contribution in [-0.2, 0) is 22.4 Å². The minimum absolute atomic E-state index is 0.212. The largest absolute Gasteiger partial charge is 0.463 e. The molecule has 0 bridgehead atoms. The highest BCUT2D eigenvalue weighted by atomic mass is 35.5. The fourth-order valence-electron chi connectivity index (χ4n) is 5.96. The van der Waals surface area contributed by atoms with Gasteiger partial charge in [0.15, 0.2) is 4.80 Å². The molecule has 6 rings (SSSR count). The maximum absolute atomic E-state index is 14.0. The number of nitriles is 1. The molecule has 4 heterocycles. The summed E-state index contributed by atoms with van der Waals surface area (Å²) in [6.07, 6.45) is 6.13. The summed E-state index contributed by atoms with van der Waals surface area (Å²) in [6, 6.07) is 11.0. The molecule has 7 nitrogen and oxygen atoms in total. The average Bonchev–Trinajstić information content (AvgIpc) is 3.58. The lowest BCUT2D eigenvalue weighted by Crippen LogP contribution is -2.39. The van der Waals surface area contributed by atoms with Gasteiger partial charge in [0, 0.05) is 21.3 Å². The fourth-order valence-corrected chi connectivity index (χ4v) is 8.58. The highest BCUT2D eigenvalue weighted by Crippen LogP contribution is 2.38. The van der Waals surface area contributed by atoms with Crippen LogP contribution in [0.1, 0.15) is 71.2 Å². The first kappa shape index (κ1) is 28.4. The lowest BCUT2D eigenvalue weighted by Gasteiger charge is -2.24. The molecule has 1 atom stereocenters. The zero-order valence-corrected chi connectivity index (χ0v) is 26.2. The molecule has 42 heavy (non-hydrogen) atoms. The van der Waals surface area contributed by atoms with Gasteiger partial charge in [-0.15, -0.1) is 11.3 Å². The molecule has 1 aromatic carbocycles. The van der Waals surface area contributed by atoms with Crippen LogP contribution >= 0.6 is 34.3 Å². The van der Waals surface area contributed by atoms with Crippen LogP contribution in [0.2, 0.25) is 5.02 Å². The van der Waals surface area contributed by atoms with E-state index in [1.54, 1.807) is 41.9 Å². The van der Waals surface area contributed by atoms with E-state index in [0.29, 0.717) is 25.6 Å². The lowest BCUT2D eigenvalue weighted by atomic mass is 9.96. The summed E-state index contributed by atoms with van der Waals surface area (Å²) in [7, 11) is 0.